The summed E-state index contributed by atoms with van der Waals surface area (Å²) >= 11 is 0. The summed E-state index contributed by atoms with van der Waals surface area (Å²) in [6.45, 7) is 10.3. The fourth-order valence-electron chi connectivity index (χ4n) is 2.17. The summed E-state index contributed by atoms with van der Waals surface area (Å²) in [6.07, 6.45) is 0.610. The second-order valence-corrected chi connectivity index (χ2v) is 5.71. The molecule has 2 atom stereocenters. The molecule has 1 aromatic carbocycles. The third-order valence-electron chi connectivity index (χ3n) is 3.57. The van der Waals surface area contributed by atoms with Crippen LogP contribution in [0.3, 0.4) is 0 Å². The first-order chi connectivity index (χ1) is 10.2. The second kappa shape index (κ2) is 6.71. The van der Waals surface area contributed by atoms with Crippen molar-refractivity contribution in [3.05, 3.63) is 41.5 Å². The van der Waals surface area contributed by atoms with Crippen LogP contribution in [0, 0.1) is 0 Å². The SMILES string of the molecule is C=C(C)c1cc(COCC2CO2)ccc1COCC1CO1. The lowest BCUT2D eigenvalue weighted by Crippen LogP contribution is -2.05. The Morgan fingerprint density at radius 1 is 1.14 bits per heavy atom. The Bertz CT molecular complexity index is 504. The number of allylic oxidation sites excluding steroid dienone is 1. The van der Waals surface area contributed by atoms with Crippen LogP contribution in [0.5, 0.6) is 0 Å². The number of ether oxygens (including phenoxy) is 4. The van der Waals surface area contributed by atoms with Crippen LogP contribution in [0.2, 0.25) is 0 Å². The molecule has 0 amide bonds. The van der Waals surface area contributed by atoms with Gasteiger partial charge in [0.15, 0.2) is 0 Å². The van der Waals surface area contributed by atoms with Crippen LogP contribution in [0.4, 0.5) is 0 Å². The number of benzene rings is 1. The van der Waals surface area contributed by atoms with Crippen LogP contribution in [-0.2, 0) is 32.2 Å². The van der Waals surface area contributed by atoms with Gasteiger partial charge < -0.3 is 18.9 Å². The maximum atomic E-state index is 5.68. The summed E-state index contributed by atoms with van der Waals surface area (Å²) in [4.78, 5) is 0. The van der Waals surface area contributed by atoms with Crippen molar-refractivity contribution < 1.29 is 18.9 Å². The Kier molecular flexibility index (Phi) is 4.70. The van der Waals surface area contributed by atoms with Crippen LogP contribution in [0.15, 0.2) is 24.8 Å². The van der Waals surface area contributed by atoms with E-state index in [1.54, 1.807) is 0 Å². The van der Waals surface area contributed by atoms with E-state index in [1.807, 2.05) is 6.92 Å². The minimum absolute atomic E-state index is 0.301. The normalized spacial score (nSPS) is 23.1. The number of rotatable bonds is 9. The molecule has 3 rings (SSSR count). The van der Waals surface area contributed by atoms with Crippen molar-refractivity contribution in [3.63, 3.8) is 0 Å². The third-order valence-corrected chi connectivity index (χ3v) is 3.57. The molecule has 0 spiro atoms. The Morgan fingerprint density at radius 2 is 1.76 bits per heavy atom. The molecular formula is C17H22O4. The molecule has 1 aromatic rings. The van der Waals surface area contributed by atoms with Gasteiger partial charge in [-0.15, -0.1) is 0 Å². The highest BCUT2D eigenvalue weighted by Crippen LogP contribution is 2.22. The lowest BCUT2D eigenvalue weighted by Gasteiger charge is -2.12. The zero-order valence-corrected chi connectivity index (χ0v) is 12.5. The molecule has 2 fully saturated rings. The summed E-state index contributed by atoms with van der Waals surface area (Å²) in [5.41, 5.74) is 4.51. The van der Waals surface area contributed by atoms with Crippen molar-refractivity contribution in [2.75, 3.05) is 26.4 Å². The van der Waals surface area contributed by atoms with Gasteiger partial charge in [0.1, 0.15) is 12.2 Å². The van der Waals surface area contributed by atoms with Gasteiger partial charge in [-0.2, -0.15) is 0 Å². The molecule has 4 heteroatoms. The van der Waals surface area contributed by atoms with Gasteiger partial charge in [0.2, 0.25) is 0 Å². The monoisotopic (exact) mass is 290 g/mol. The summed E-state index contributed by atoms with van der Waals surface area (Å²) in [5, 5.41) is 0. The zero-order valence-electron chi connectivity index (χ0n) is 12.5. The number of hydrogen-bond acceptors (Lipinski definition) is 4. The number of epoxide rings is 2. The fraction of sp³-hybridized carbons (Fsp3) is 0.529. The first-order valence-electron chi connectivity index (χ1n) is 7.39. The third kappa shape index (κ3) is 4.64. The lowest BCUT2D eigenvalue weighted by atomic mass is 9.99. The number of hydrogen-bond donors (Lipinski definition) is 0. The van der Waals surface area contributed by atoms with Crippen molar-refractivity contribution in [2.24, 2.45) is 0 Å². The van der Waals surface area contributed by atoms with Crippen molar-refractivity contribution in [1.82, 2.24) is 0 Å². The molecule has 21 heavy (non-hydrogen) atoms. The van der Waals surface area contributed by atoms with Gasteiger partial charge >= 0.3 is 0 Å². The van der Waals surface area contributed by atoms with E-state index in [9.17, 15) is 0 Å². The van der Waals surface area contributed by atoms with E-state index in [1.165, 1.54) is 0 Å². The van der Waals surface area contributed by atoms with Crippen molar-refractivity contribution in [2.45, 2.75) is 32.3 Å². The molecule has 0 N–H and O–H groups in total. The molecule has 114 valence electrons. The predicted octanol–water partition coefficient (Wildman–Crippen LogP) is 2.55. The first-order valence-corrected chi connectivity index (χ1v) is 7.39. The van der Waals surface area contributed by atoms with Crippen LogP contribution < -0.4 is 0 Å². The van der Waals surface area contributed by atoms with Crippen molar-refractivity contribution in [1.29, 1.82) is 0 Å². The Morgan fingerprint density at radius 3 is 2.33 bits per heavy atom. The Balaban J connectivity index is 1.56. The molecule has 2 unspecified atom stereocenters. The van der Waals surface area contributed by atoms with E-state index >= 15 is 0 Å². The molecule has 0 aliphatic carbocycles. The summed E-state index contributed by atoms with van der Waals surface area (Å²) in [5.74, 6) is 0. The van der Waals surface area contributed by atoms with Crippen LogP contribution >= 0.6 is 0 Å². The van der Waals surface area contributed by atoms with Gasteiger partial charge in [0.25, 0.3) is 0 Å². The quantitative estimate of drug-likeness (QED) is 0.656. The lowest BCUT2D eigenvalue weighted by molar-refractivity contribution is 0.102. The molecule has 0 radical (unpaired) electrons. The average molecular weight is 290 g/mol. The molecule has 0 bridgehead atoms. The van der Waals surface area contributed by atoms with Crippen LogP contribution in [-0.4, -0.2) is 38.6 Å². The Labute approximate surface area is 125 Å². The van der Waals surface area contributed by atoms with Crippen LogP contribution in [0.1, 0.15) is 23.6 Å². The Hall–Kier alpha value is -1.20. The molecule has 2 saturated heterocycles. The van der Waals surface area contributed by atoms with E-state index in [0.717, 1.165) is 35.5 Å². The van der Waals surface area contributed by atoms with E-state index in [2.05, 4.69) is 24.8 Å². The topological polar surface area (TPSA) is 43.5 Å². The summed E-state index contributed by atoms with van der Waals surface area (Å²) in [7, 11) is 0. The van der Waals surface area contributed by atoms with Gasteiger partial charge in [0.05, 0.1) is 39.6 Å². The predicted molar refractivity (Wildman–Crippen MR) is 79.9 cm³/mol. The zero-order chi connectivity index (χ0) is 14.7. The van der Waals surface area contributed by atoms with E-state index < -0.39 is 0 Å². The standard InChI is InChI=1S/C17H22O4/c1-12(2)17-5-13(6-18-8-15-10-20-15)3-4-14(17)7-19-9-16-11-21-16/h3-5,15-16H,1,6-11H2,2H3. The molecule has 4 nitrogen and oxygen atoms in total. The maximum absolute atomic E-state index is 5.68. The van der Waals surface area contributed by atoms with Gasteiger partial charge in [-0.1, -0.05) is 24.3 Å². The maximum Gasteiger partial charge on any atom is 0.104 e. The highest BCUT2D eigenvalue weighted by Gasteiger charge is 2.23. The van der Waals surface area contributed by atoms with Crippen molar-refractivity contribution in [3.8, 4) is 0 Å². The fourth-order valence-corrected chi connectivity index (χ4v) is 2.17. The summed E-state index contributed by atoms with van der Waals surface area (Å²) in [6, 6.07) is 6.33. The molecule has 2 aliphatic rings. The highest BCUT2D eigenvalue weighted by molar-refractivity contribution is 5.65. The van der Waals surface area contributed by atoms with Crippen LogP contribution in [0.25, 0.3) is 5.57 Å². The minimum atomic E-state index is 0.301. The molecule has 2 aliphatic heterocycles. The molecule has 0 aromatic heterocycles. The molecular weight excluding hydrogens is 268 g/mol. The van der Waals surface area contributed by atoms with Gasteiger partial charge in [-0.05, 0) is 29.7 Å². The smallest absolute Gasteiger partial charge is 0.104 e. The van der Waals surface area contributed by atoms with Crippen molar-refractivity contribution >= 4 is 5.57 Å². The van der Waals surface area contributed by atoms with Gasteiger partial charge in [-0.25, -0.2) is 0 Å². The average Bonchev–Trinajstić information content (AvgIpc) is 3.34. The molecule has 2 heterocycles. The van der Waals surface area contributed by atoms with Gasteiger partial charge in [0, 0.05) is 0 Å². The van der Waals surface area contributed by atoms with E-state index in [4.69, 9.17) is 18.9 Å². The first kappa shape index (κ1) is 14.7. The highest BCUT2D eigenvalue weighted by atomic mass is 16.6. The van der Waals surface area contributed by atoms with Gasteiger partial charge in [-0.3, -0.25) is 0 Å². The second-order valence-electron chi connectivity index (χ2n) is 5.71. The minimum Gasteiger partial charge on any atom is -0.374 e. The van der Waals surface area contributed by atoms with E-state index in [0.29, 0.717) is 38.6 Å². The molecule has 0 saturated carbocycles. The van der Waals surface area contributed by atoms with E-state index in [-0.39, 0.29) is 0 Å². The summed E-state index contributed by atoms with van der Waals surface area (Å²) < 4.78 is 21.6. The largest absolute Gasteiger partial charge is 0.374 e.